The van der Waals surface area contributed by atoms with Crippen LogP contribution in [-0.2, 0) is 19.4 Å². The summed E-state index contributed by atoms with van der Waals surface area (Å²) in [4.78, 5) is 23.8. The molecule has 1 aromatic heterocycles. The molecule has 1 aliphatic rings. The van der Waals surface area contributed by atoms with Crippen molar-refractivity contribution in [3.63, 3.8) is 0 Å². The van der Waals surface area contributed by atoms with E-state index in [1.165, 1.54) is 4.68 Å². The minimum Gasteiger partial charge on any atom is -0.336 e. The number of nitrogens with zero attached hydrogens (tertiary/aromatic N) is 2. The molecule has 2 N–H and O–H groups in total. The normalized spacial score (nSPS) is 12.8. The molecule has 0 saturated carbocycles. The fourth-order valence-electron chi connectivity index (χ4n) is 2.62. The zero-order valence-electron chi connectivity index (χ0n) is 12.8. The summed E-state index contributed by atoms with van der Waals surface area (Å²) in [7, 11) is 0. The minimum atomic E-state index is -0.386. The summed E-state index contributed by atoms with van der Waals surface area (Å²) in [6, 6.07) is 6.08. The lowest BCUT2D eigenvalue weighted by Gasteiger charge is -2.10. The molecule has 0 unspecified atom stereocenters. The van der Waals surface area contributed by atoms with Gasteiger partial charge in [0.1, 0.15) is 0 Å². The second-order valence-electron chi connectivity index (χ2n) is 5.54. The molecule has 1 aliphatic carbocycles. The van der Waals surface area contributed by atoms with Crippen molar-refractivity contribution < 1.29 is 4.79 Å². The Kier molecular flexibility index (Phi) is 5.06. The van der Waals surface area contributed by atoms with Gasteiger partial charge in [0.15, 0.2) is 0 Å². The van der Waals surface area contributed by atoms with E-state index in [-0.39, 0.29) is 11.6 Å². The number of fused-ring (bicyclic) bond motifs is 1. The van der Waals surface area contributed by atoms with Crippen LogP contribution in [0.5, 0.6) is 0 Å². The molecular weight excluding hydrogens is 351 g/mol. The second-order valence-corrected chi connectivity index (χ2v) is 6.36. The lowest BCUT2D eigenvalue weighted by molar-refractivity contribution is 0.251. The fourth-order valence-corrected chi connectivity index (χ4v) is 2.92. The van der Waals surface area contributed by atoms with E-state index in [1.54, 1.807) is 24.3 Å². The molecule has 8 heteroatoms. The van der Waals surface area contributed by atoms with Gasteiger partial charge in [-0.05, 0) is 43.0 Å². The Morgan fingerprint density at radius 2 is 2.04 bits per heavy atom. The highest BCUT2D eigenvalue weighted by atomic mass is 35.5. The van der Waals surface area contributed by atoms with Crippen LogP contribution < -0.4 is 16.2 Å². The van der Waals surface area contributed by atoms with Gasteiger partial charge >= 0.3 is 6.03 Å². The van der Waals surface area contributed by atoms with Crippen molar-refractivity contribution in [2.45, 2.75) is 25.8 Å². The van der Waals surface area contributed by atoms with Gasteiger partial charge in [0, 0.05) is 18.3 Å². The maximum Gasteiger partial charge on any atom is 0.319 e. The van der Waals surface area contributed by atoms with Crippen molar-refractivity contribution in [1.29, 1.82) is 0 Å². The van der Waals surface area contributed by atoms with Crippen LogP contribution in [0.1, 0.15) is 17.7 Å². The van der Waals surface area contributed by atoms with Crippen molar-refractivity contribution >= 4 is 34.9 Å². The first-order valence-corrected chi connectivity index (χ1v) is 8.38. The maximum absolute atomic E-state index is 12.0. The summed E-state index contributed by atoms with van der Waals surface area (Å²) in [6.45, 7) is 0.611. The quantitative estimate of drug-likeness (QED) is 0.873. The molecule has 0 radical (unpaired) electrons. The van der Waals surface area contributed by atoms with E-state index in [9.17, 15) is 9.59 Å². The number of rotatable bonds is 4. The zero-order valence-corrected chi connectivity index (χ0v) is 14.3. The number of aromatic nitrogens is 2. The van der Waals surface area contributed by atoms with Crippen molar-refractivity contribution in [2.75, 3.05) is 11.9 Å². The van der Waals surface area contributed by atoms with Crippen molar-refractivity contribution in [2.24, 2.45) is 0 Å². The summed E-state index contributed by atoms with van der Waals surface area (Å²) < 4.78 is 1.39. The smallest absolute Gasteiger partial charge is 0.319 e. The molecular formula is C16H16Cl2N4O2. The first kappa shape index (κ1) is 16.8. The number of hydrogen-bond acceptors (Lipinski definition) is 3. The Bertz CT molecular complexity index is 835. The average molecular weight is 367 g/mol. The third-order valence-electron chi connectivity index (χ3n) is 3.81. The van der Waals surface area contributed by atoms with E-state index in [1.807, 2.05) is 0 Å². The summed E-state index contributed by atoms with van der Waals surface area (Å²) in [5, 5.41) is 10.5. The van der Waals surface area contributed by atoms with Crippen LogP contribution in [0.2, 0.25) is 10.0 Å². The maximum atomic E-state index is 12.0. The molecule has 2 amide bonds. The van der Waals surface area contributed by atoms with E-state index in [2.05, 4.69) is 15.7 Å². The van der Waals surface area contributed by atoms with Gasteiger partial charge in [0.2, 0.25) is 0 Å². The van der Waals surface area contributed by atoms with Crippen molar-refractivity contribution in [3.05, 3.63) is 55.9 Å². The lowest BCUT2D eigenvalue weighted by atomic mass is 10.2. The van der Waals surface area contributed by atoms with Crippen molar-refractivity contribution in [1.82, 2.24) is 15.1 Å². The van der Waals surface area contributed by atoms with Crippen LogP contribution in [0, 0.1) is 0 Å². The number of carbonyl (C=O) groups is 1. The van der Waals surface area contributed by atoms with E-state index in [0.29, 0.717) is 28.8 Å². The first-order chi connectivity index (χ1) is 11.5. The number of anilines is 1. The number of nitrogens with one attached hydrogen (secondary N) is 2. The molecule has 0 aliphatic heterocycles. The molecule has 6 nitrogen and oxygen atoms in total. The van der Waals surface area contributed by atoms with Gasteiger partial charge < -0.3 is 10.6 Å². The largest absolute Gasteiger partial charge is 0.336 e. The van der Waals surface area contributed by atoms with Gasteiger partial charge in [-0.2, -0.15) is 5.10 Å². The highest BCUT2D eigenvalue weighted by molar-refractivity contribution is 6.42. The molecule has 3 rings (SSSR count). The average Bonchev–Trinajstić information content (AvgIpc) is 2.98. The van der Waals surface area contributed by atoms with E-state index in [4.69, 9.17) is 23.2 Å². The molecule has 0 spiro atoms. The first-order valence-electron chi connectivity index (χ1n) is 7.63. The molecule has 1 aromatic carbocycles. The van der Waals surface area contributed by atoms with Gasteiger partial charge in [-0.15, -0.1) is 0 Å². The predicted octanol–water partition coefficient (Wildman–Crippen LogP) is 2.86. The summed E-state index contributed by atoms with van der Waals surface area (Å²) in [5.41, 5.74) is 2.42. The molecule has 2 aromatic rings. The SMILES string of the molecule is O=C(NCCn1nc2c(cc1=O)CCC2)Nc1ccc(Cl)c(Cl)c1. The van der Waals surface area contributed by atoms with Crippen LogP contribution >= 0.6 is 23.2 Å². The molecule has 0 bridgehead atoms. The van der Waals surface area contributed by atoms with Gasteiger partial charge in [-0.3, -0.25) is 4.79 Å². The third-order valence-corrected chi connectivity index (χ3v) is 4.55. The Balaban J connectivity index is 1.54. The van der Waals surface area contributed by atoms with Gasteiger partial charge in [-0.1, -0.05) is 23.2 Å². The Morgan fingerprint density at radius 1 is 1.21 bits per heavy atom. The zero-order chi connectivity index (χ0) is 17.1. The molecule has 126 valence electrons. The van der Waals surface area contributed by atoms with E-state index < -0.39 is 0 Å². The van der Waals surface area contributed by atoms with Crippen LogP contribution in [-0.4, -0.2) is 22.4 Å². The van der Waals surface area contributed by atoms with Crippen LogP contribution in [0.4, 0.5) is 10.5 Å². The number of amides is 2. The Hall–Kier alpha value is -2.05. The van der Waals surface area contributed by atoms with Gasteiger partial charge in [-0.25, -0.2) is 9.48 Å². The molecule has 0 atom stereocenters. The number of aryl methyl sites for hydroxylation is 2. The third kappa shape index (κ3) is 3.88. The van der Waals surface area contributed by atoms with Gasteiger partial charge in [0.05, 0.1) is 22.3 Å². The number of halogens is 2. The molecule has 1 heterocycles. The van der Waals surface area contributed by atoms with Crippen LogP contribution in [0.3, 0.4) is 0 Å². The van der Waals surface area contributed by atoms with Gasteiger partial charge in [0.25, 0.3) is 5.56 Å². The molecule has 24 heavy (non-hydrogen) atoms. The fraction of sp³-hybridized carbons (Fsp3) is 0.312. The highest BCUT2D eigenvalue weighted by Gasteiger charge is 2.14. The Morgan fingerprint density at radius 3 is 2.83 bits per heavy atom. The minimum absolute atomic E-state index is 0.137. The summed E-state index contributed by atoms with van der Waals surface area (Å²) in [6.07, 6.45) is 2.86. The second kappa shape index (κ2) is 7.23. The Labute approximate surface area is 148 Å². The number of hydrogen-bond donors (Lipinski definition) is 2. The topological polar surface area (TPSA) is 76.0 Å². The van der Waals surface area contributed by atoms with E-state index >= 15 is 0 Å². The predicted molar refractivity (Wildman–Crippen MR) is 94.0 cm³/mol. The number of urea groups is 1. The standard InChI is InChI=1S/C16H16Cl2N4O2/c17-12-5-4-11(9-13(12)18)20-16(24)19-6-7-22-15(23)8-10-2-1-3-14(10)21-22/h4-5,8-9H,1-3,6-7H2,(H2,19,20,24). The number of carbonyl (C=O) groups excluding carboxylic acids is 1. The summed E-state index contributed by atoms with van der Waals surface area (Å²) >= 11 is 11.7. The summed E-state index contributed by atoms with van der Waals surface area (Å²) in [5.74, 6) is 0. The van der Waals surface area contributed by atoms with Crippen molar-refractivity contribution in [3.8, 4) is 0 Å². The van der Waals surface area contributed by atoms with Crippen LogP contribution in [0.25, 0.3) is 0 Å². The lowest BCUT2D eigenvalue weighted by Crippen LogP contribution is -2.34. The van der Waals surface area contributed by atoms with E-state index in [0.717, 1.165) is 30.5 Å². The molecule has 0 saturated heterocycles. The van der Waals surface area contributed by atoms with Crippen LogP contribution in [0.15, 0.2) is 29.1 Å². The number of benzene rings is 1. The highest BCUT2D eigenvalue weighted by Crippen LogP contribution is 2.24. The monoisotopic (exact) mass is 366 g/mol. The molecule has 0 fully saturated rings.